The van der Waals surface area contributed by atoms with Crippen LogP contribution in [0.15, 0.2) is 30.0 Å². The average Bonchev–Trinajstić information content (AvgIpc) is 2.70. The van der Waals surface area contributed by atoms with E-state index in [0.717, 1.165) is 10.5 Å². The zero-order chi connectivity index (χ0) is 16.3. The molecule has 0 aromatic heterocycles. The van der Waals surface area contributed by atoms with Crippen LogP contribution in [0, 0.1) is 6.92 Å². The predicted octanol–water partition coefficient (Wildman–Crippen LogP) is 0.279. The highest BCUT2D eigenvalue weighted by Gasteiger charge is 2.30. The molecule has 0 aliphatic carbocycles. The number of nitrogens with one attached hydrogen (secondary N) is 1. The van der Waals surface area contributed by atoms with Crippen molar-refractivity contribution in [2.45, 2.75) is 13.3 Å². The summed E-state index contributed by atoms with van der Waals surface area (Å²) in [5, 5.41) is 20.5. The Bertz CT molecular complexity index is 666. The van der Waals surface area contributed by atoms with Gasteiger partial charge in [-0.15, -0.1) is 0 Å². The summed E-state index contributed by atoms with van der Waals surface area (Å²) in [7, 11) is 0. The lowest BCUT2D eigenvalue weighted by molar-refractivity contribution is -0.138. The number of aliphatic hydroxyl groups excluding tert-OH is 1. The van der Waals surface area contributed by atoms with Crippen molar-refractivity contribution < 1.29 is 24.6 Å². The molecule has 0 unspecified atom stereocenters. The third-order valence-corrected chi connectivity index (χ3v) is 3.30. The number of hydrogen-bond donors (Lipinski definition) is 3. The van der Waals surface area contributed by atoms with Gasteiger partial charge >= 0.3 is 5.97 Å². The smallest absolute Gasteiger partial charge is 0.307 e. The first-order chi connectivity index (χ1) is 10.4. The number of carbonyl (C=O) groups is 3. The van der Waals surface area contributed by atoms with Gasteiger partial charge in [-0.3, -0.25) is 19.3 Å². The summed E-state index contributed by atoms with van der Waals surface area (Å²) in [4.78, 5) is 35.3. The number of carboxylic acids is 1. The third kappa shape index (κ3) is 3.32. The SMILES string of the molecule is Cc1cc(NC2=CC(=O)N(CCO)C2=O)ccc1CC(=O)O. The molecule has 0 bridgehead atoms. The Balaban J connectivity index is 2.13. The molecule has 0 fully saturated rings. The second kappa shape index (κ2) is 6.40. The number of nitrogens with zero attached hydrogens (tertiary/aromatic N) is 1. The predicted molar refractivity (Wildman–Crippen MR) is 78.0 cm³/mol. The van der Waals surface area contributed by atoms with Gasteiger partial charge in [0.05, 0.1) is 19.6 Å². The number of carbonyl (C=O) groups excluding carboxylic acids is 2. The molecule has 2 rings (SSSR count). The number of aliphatic carboxylic acids is 1. The number of β-amino-alcohol motifs (C(OH)–C–C–N with tert-alkyl or cyclic N) is 1. The van der Waals surface area contributed by atoms with Crippen LogP contribution in [0.4, 0.5) is 5.69 Å². The highest BCUT2D eigenvalue weighted by atomic mass is 16.4. The van der Waals surface area contributed by atoms with Crippen molar-refractivity contribution in [1.82, 2.24) is 4.90 Å². The molecule has 22 heavy (non-hydrogen) atoms. The maximum Gasteiger partial charge on any atom is 0.307 e. The highest BCUT2D eigenvalue weighted by Crippen LogP contribution is 2.20. The number of rotatable bonds is 6. The lowest BCUT2D eigenvalue weighted by Crippen LogP contribution is -2.34. The fourth-order valence-corrected chi connectivity index (χ4v) is 2.20. The van der Waals surface area contributed by atoms with E-state index >= 15 is 0 Å². The first-order valence-corrected chi connectivity index (χ1v) is 6.69. The van der Waals surface area contributed by atoms with E-state index in [1.54, 1.807) is 25.1 Å². The van der Waals surface area contributed by atoms with Gasteiger partial charge in [0.25, 0.3) is 11.8 Å². The van der Waals surface area contributed by atoms with Crippen molar-refractivity contribution in [3.8, 4) is 0 Å². The van der Waals surface area contributed by atoms with Gasteiger partial charge < -0.3 is 15.5 Å². The van der Waals surface area contributed by atoms with Gasteiger partial charge in [0.15, 0.2) is 0 Å². The van der Waals surface area contributed by atoms with Gasteiger partial charge in [-0.2, -0.15) is 0 Å². The minimum Gasteiger partial charge on any atom is -0.481 e. The molecular weight excluding hydrogens is 288 g/mol. The fraction of sp³-hybridized carbons (Fsp3) is 0.267. The van der Waals surface area contributed by atoms with Crippen molar-refractivity contribution in [3.05, 3.63) is 41.1 Å². The van der Waals surface area contributed by atoms with Crippen molar-refractivity contribution in [2.75, 3.05) is 18.5 Å². The Hall–Kier alpha value is -2.67. The van der Waals surface area contributed by atoms with Crippen LogP contribution in [0.5, 0.6) is 0 Å². The third-order valence-electron chi connectivity index (χ3n) is 3.30. The highest BCUT2D eigenvalue weighted by molar-refractivity contribution is 6.17. The normalized spacial score (nSPS) is 14.3. The van der Waals surface area contributed by atoms with Crippen LogP contribution < -0.4 is 5.32 Å². The average molecular weight is 304 g/mol. The van der Waals surface area contributed by atoms with Gasteiger partial charge in [-0.05, 0) is 30.2 Å². The molecule has 1 aromatic carbocycles. The number of amides is 2. The molecule has 0 radical (unpaired) electrons. The topological polar surface area (TPSA) is 107 Å². The molecule has 1 aliphatic rings. The molecule has 7 nitrogen and oxygen atoms in total. The Morgan fingerprint density at radius 2 is 2.05 bits per heavy atom. The monoisotopic (exact) mass is 304 g/mol. The Morgan fingerprint density at radius 3 is 2.64 bits per heavy atom. The quantitative estimate of drug-likeness (QED) is 0.652. The molecular formula is C15H16N2O5. The number of hydrogen-bond acceptors (Lipinski definition) is 5. The molecule has 0 saturated carbocycles. The van der Waals surface area contributed by atoms with Gasteiger partial charge in [0, 0.05) is 11.8 Å². The Morgan fingerprint density at radius 1 is 1.32 bits per heavy atom. The molecule has 0 saturated heterocycles. The van der Waals surface area contributed by atoms with Gasteiger partial charge in [0.2, 0.25) is 0 Å². The van der Waals surface area contributed by atoms with Gasteiger partial charge in [0.1, 0.15) is 5.70 Å². The zero-order valence-corrected chi connectivity index (χ0v) is 12.0. The van der Waals surface area contributed by atoms with Crippen LogP contribution in [0.2, 0.25) is 0 Å². The molecule has 3 N–H and O–H groups in total. The molecule has 7 heteroatoms. The number of carboxylic acid groups (broad SMARTS) is 1. The van der Waals surface area contributed by atoms with E-state index in [9.17, 15) is 14.4 Å². The molecule has 1 heterocycles. The Labute approximate surface area is 126 Å². The standard InChI is InChI=1S/C15H16N2O5/c1-9-6-11(3-2-10(9)7-14(20)21)16-12-8-13(19)17(4-5-18)15(12)22/h2-3,6,8,16,18H,4-5,7H2,1H3,(H,20,21). The minimum atomic E-state index is -0.914. The molecule has 1 aliphatic heterocycles. The van der Waals surface area contributed by atoms with E-state index < -0.39 is 17.8 Å². The van der Waals surface area contributed by atoms with Crippen molar-refractivity contribution in [1.29, 1.82) is 0 Å². The number of benzene rings is 1. The van der Waals surface area contributed by atoms with Crippen molar-refractivity contribution >= 4 is 23.5 Å². The summed E-state index contributed by atoms with van der Waals surface area (Å²) in [6.45, 7) is 1.44. The maximum atomic E-state index is 12.0. The summed E-state index contributed by atoms with van der Waals surface area (Å²) in [6, 6.07) is 5.03. The van der Waals surface area contributed by atoms with Crippen LogP contribution in [0.25, 0.3) is 0 Å². The van der Waals surface area contributed by atoms with E-state index in [1.165, 1.54) is 6.08 Å². The molecule has 0 spiro atoms. The lowest BCUT2D eigenvalue weighted by atomic mass is 10.0. The van der Waals surface area contributed by atoms with E-state index in [0.29, 0.717) is 11.3 Å². The number of aryl methyl sites for hydroxylation is 1. The van der Waals surface area contributed by atoms with Crippen LogP contribution in [-0.4, -0.2) is 46.0 Å². The molecule has 2 amide bonds. The first-order valence-electron chi connectivity index (χ1n) is 6.69. The lowest BCUT2D eigenvalue weighted by Gasteiger charge is -2.14. The van der Waals surface area contributed by atoms with Gasteiger partial charge in [-0.1, -0.05) is 6.07 Å². The first kappa shape index (κ1) is 15.7. The van der Waals surface area contributed by atoms with Crippen LogP contribution in [-0.2, 0) is 20.8 Å². The van der Waals surface area contributed by atoms with Crippen LogP contribution >= 0.6 is 0 Å². The minimum absolute atomic E-state index is 0.0457. The van der Waals surface area contributed by atoms with E-state index in [-0.39, 0.29) is 25.3 Å². The summed E-state index contributed by atoms with van der Waals surface area (Å²) in [5.74, 6) is -1.88. The van der Waals surface area contributed by atoms with Gasteiger partial charge in [-0.25, -0.2) is 0 Å². The second-order valence-corrected chi connectivity index (χ2v) is 4.91. The fourth-order valence-electron chi connectivity index (χ4n) is 2.20. The van der Waals surface area contributed by atoms with Crippen LogP contribution in [0.1, 0.15) is 11.1 Å². The number of anilines is 1. The summed E-state index contributed by atoms with van der Waals surface area (Å²) < 4.78 is 0. The molecule has 1 aromatic rings. The van der Waals surface area contributed by atoms with E-state index in [2.05, 4.69) is 5.32 Å². The van der Waals surface area contributed by atoms with E-state index in [4.69, 9.17) is 10.2 Å². The number of aliphatic hydroxyl groups is 1. The molecule has 116 valence electrons. The zero-order valence-electron chi connectivity index (χ0n) is 12.0. The largest absolute Gasteiger partial charge is 0.481 e. The summed E-state index contributed by atoms with van der Waals surface area (Å²) in [6.07, 6.45) is 1.11. The molecule has 0 atom stereocenters. The van der Waals surface area contributed by atoms with Crippen molar-refractivity contribution in [2.24, 2.45) is 0 Å². The van der Waals surface area contributed by atoms with Crippen LogP contribution in [0.3, 0.4) is 0 Å². The number of imide groups is 1. The maximum absolute atomic E-state index is 12.0. The second-order valence-electron chi connectivity index (χ2n) is 4.91. The van der Waals surface area contributed by atoms with E-state index in [1.807, 2.05) is 0 Å². The van der Waals surface area contributed by atoms with Crippen molar-refractivity contribution in [3.63, 3.8) is 0 Å². The summed E-state index contributed by atoms with van der Waals surface area (Å²) in [5.41, 5.74) is 2.17. The summed E-state index contributed by atoms with van der Waals surface area (Å²) >= 11 is 0. The Kier molecular flexibility index (Phi) is 4.57.